The van der Waals surface area contributed by atoms with E-state index in [9.17, 15) is 9.59 Å². The van der Waals surface area contributed by atoms with Crippen LogP contribution in [0.25, 0.3) is 0 Å². The van der Waals surface area contributed by atoms with E-state index in [0.29, 0.717) is 5.69 Å². The first kappa shape index (κ1) is 12.3. The Morgan fingerprint density at radius 1 is 1.62 bits per heavy atom. The van der Waals surface area contributed by atoms with E-state index in [0.717, 1.165) is 0 Å². The molecule has 1 aromatic rings. The third-order valence-electron chi connectivity index (χ3n) is 2.14. The molecule has 6 heteroatoms. The minimum absolute atomic E-state index is 0.102. The number of methoxy groups -OCH3 is 1. The van der Waals surface area contributed by atoms with Crippen molar-refractivity contribution in [3.63, 3.8) is 0 Å². The van der Waals surface area contributed by atoms with Gasteiger partial charge in [-0.1, -0.05) is 0 Å². The minimum atomic E-state index is -1.43. The number of aliphatic carboxylic acids is 1. The molecule has 1 aromatic heterocycles. The summed E-state index contributed by atoms with van der Waals surface area (Å²) in [5.74, 6) is -1.62. The maximum Gasteiger partial charge on any atom is 0.331 e. The van der Waals surface area contributed by atoms with Gasteiger partial charge in [0.05, 0.1) is 6.61 Å². The lowest BCUT2D eigenvalue weighted by molar-refractivity contribution is -0.145. The number of carbonyl (C=O) groups is 2. The zero-order chi connectivity index (χ0) is 12.2. The number of rotatable bonds is 5. The molecule has 3 N–H and O–H groups in total. The summed E-state index contributed by atoms with van der Waals surface area (Å²) in [5, 5.41) is 11.4. The van der Waals surface area contributed by atoms with Gasteiger partial charge in [0.25, 0.3) is 5.91 Å². The van der Waals surface area contributed by atoms with Gasteiger partial charge in [-0.05, 0) is 19.1 Å². The largest absolute Gasteiger partial charge is 0.479 e. The van der Waals surface area contributed by atoms with E-state index < -0.39 is 17.4 Å². The molecular weight excluding hydrogens is 212 g/mol. The van der Waals surface area contributed by atoms with E-state index in [1.54, 1.807) is 18.3 Å². The SMILES string of the molecule is COCC(C)(NC(=O)c1ccc[nH]1)C(=O)O. The maximum atomic E-state index is 11.6. The summed E-state index contributed by atoms with van der Waals surface area (Å²) in [7, 11) is 1.38. The van der Waals surface area contributed by atoms with Crippen LogP contribution in [0.2, 0.25) is 0 Å². The Kier molecular flexibility index (Phi) is 3.68. The molecule has 0 aliphatic heterocycles. The highest BCUT2D eigenvalue weighted by Gasteiger charge is 2.35. The Morgan fingerprint density at radius 3 is 2.75 bits per heavy atom. The molecule has 0 saturated heterocycles. The van der Waals surface area contributed by atoms with Crippen molar-refractivity contribution in [2.45, 2.75) is 12.5 Å². The molecule has 1 heterocycles. The number of hydrogen-bond donors (Lipinski definition) is 3. The van der Waals surface area contributed by atoms with Crippen LogP contribution in [0.4, 0.5) is 0 Å². The molecule has 0 aromatic carbocycles. The van der Waals surface area contributed by atoms with E-state index in [4.69, 9.17) is 9.84 Å². The van der Waals surface area contributed by atoms with Crippen molar-refractivity contribution in [1.82, 2.24) is 10.3 Å². The molecule has 1 unspecified atom stereocenters. The molecule has 0 saturated carbocycles. The summed E-state index contributed by atoms with van der Waals surface area (Å²) < 4.78 is 4.78. The monoisotopic (exact) mass is 226 g/mol. The van der Waals surface area contributed by atoms with Crippen LogP contribution in [-0.2, 0) is 9.53 Å². The second kappa shape index (κ2) is 4.80. The van der Waals surface area contributed by atoms with Gasteiger partial charge < -0.3 is 20.1 Å². The Labute approximate surface area is 92.6 Å². The summed E-state index contributed by atoms with van der Waals surface area (Å²) in [5.41, 5.74) is -1.12. The maximum absolute atomic E-state index is 11.6. The normalized spacial score (nSPS) is 14.1. The zero-order valence-electron chi connectivity index (χ0n) is 9.11. The number of carboxylic acid groups (broad SMARTS) is 1. The summed E-state index contributed by atoms with van der Waals surface area (Å²) in [6, 6.07) is 3.22. The van der Waals surface area contributed by atoms with Gasteiger partial charge in [0.15, 0.2) is 5.54 Å². The van der Waals surface area contributed by atoms with Crippen LogP contribution in [0.3, 0.4) is 0 Å². The van der Waals surface area contributed by atoms with Crippen LogP contribution >= 0.6 is 0 Å². The van der Waals surface area contributed by atoms with E-state index >= 15 is 0 Å². The second-order valence-electron chi connectivity index (χ2n) is 3.61. The first-order chi connectivity index (χ1) is 7.49. The predicted octanol–water partition coefficient (Wildman–Crippen LogP) is 0.234. The van der Waals surface area contributed by atoms with E-state index in [2.05, 4.69) is 10.3 Å². The number of H-pyrrole nitrogens is 1. The Bertz CT molecular complexity index is 374. The zero-order valence-corrected chi connectivity index (χ0v) is 9.11. The fourth-order valence-electron chi connectivity index (χ4n) is 1.23. The highest BCUT2D eigenvalue weighted by molar-refractivity contribution is 5.96. The van der Waals surface area contributed by atoms with Crippen molar-refractivity contribution in [3.05, 3.63) is 24.0 Å². The molecule has 0 spiro atoms. The summed E-state index contributed by atoms with van der Waals surface area (Å²) in [6.45, 7) is 1.29. The van der Waals surface area contributed by atoms with Crippen LogP contribution in [-0.4, -0.2) is 41.2 Å². The molecule has 1 atom stereocenters. The molecule has 88 valence electrons. The quantitative estimate of drug-likeness (QED) is 0.670. The molecule has 0 aliphatic carbocycles. The van der Waals surface area contributed by atoms with Crippen molar-refractivity contribution in [2.24, 2.45) is 0 Å². The van der Waals surface area contributed by atoms with Crippen LogP contribution in [0, 0.1) is 0 Å². The molecule has 0 bridgehead atoms. The van der Waals surface area contributed by atoms with Gasteiger partial charge in [0, 0.05) is 13.3 Å². The number of aromatic nitrogens is 1. The molecule has 16 heavy (non-hydrogen) atoms. The number of carbonyl (C=O) groups excluding carboxylic acids is 1. The van der Waals surface area contributed by atoms with Crippen molar-refractivity contribution in [3.8, 4) is 0 Å². The number of carboxylic acids is 1. The van der Waals surface area contributed by atoms with Crippen LogP contribution in [0.5, 0.6) is 0 Å². The highest BCUT2D eigenvalue weighted by atomic mass is 16.5. The number of nitrogens with one attached hydrogen (secondary N) is 2. The van der Waals surface area contributed by atoms with E-state index in [1.807, 2.05) is 0 Å². The first-order valence-electron chi connectivity index (χ1n) is 4.68. The average Bonchev–Trinajstić information content (AvgIpc) is 2.70. The standard InChI is InChI=1S/C10H14N2O4/c1-10(6-16-2,9(14)15)12-8(13)7-4-3-5-11-7/h3-5,11H,6H2,1-2H3,(H,12,13)(H,14,15). The average molecular weight is 226 g/mol. The summed E-state index contributed by atoms with van der Waals surface area (Å²) in [6.07, 6.45) is 1.59. The van der Waals surface area contributed by atoms with Gasteiger partial charge in [-0.2, -0.15) is 0 Å². The minimum Gasteiger partial charge on any atom is -0.479 e. The Morgan fingerprint density at radius 2 is 2.31 bits per heavy atom. The smallest absolute Gasteiger partial charge is 0.331 e. The Balaban J connectivity index is 2.77. The predicted molar refractivity (Wildman–Crippen MR) is 56.2 cm³/mol. The van der Waals surface area contributed by atoms with Crippen molar-refractivity contribution >= 4 is 11.9 Å². The number of hydrogen-bond acceptors (Lipinski definition) is 3. The van der Waals surface area contributed by atoms with Crippen LogP contribution < -0.4 is 5.32 Å². The number of ether oxygens (including phenoxy) is 1. The number of aromatic amines is 1. The molecule has 1 amide bonds. The molecule has 0 radical (unpaired) electrons. The summed E-state index contributed by atoms with van der Waals surface area (Å²) >= 11 is 0. The molecule has 0 fully saturated rings. The van der Waals surface area contributed by atoms with Crippen molar-refractivity contribution in [2.75, 3.05) is 13.7 Å². The van der Waals surface area contributed by atoms with Crippen molar-refractivity contribution in [1.29, 1.82) is 0 Å². The first-order valence-corrected chi connectivity index (χ1v) is 4.68. The lowest BCUT2D eigenvalue weighted by atomic mass is 10.0. The lowest BCUT2D eigenvalue weighted by Gasteiger charge is -2.24. The van der Waals surface area contributed by atoms with Gasteiger partial charge in [-0.3, -0.25) is 4.79 Å². The molecule has 6 nitrogen and oxygen atoms in total. The molecule has 0 aliphatic rings. The van der Waals surface area contributed by atoms with Crippen LogP contribution in [0.15, 0.2) is 18.3 Å². The van der Waals surface area contributed by atoms with Crippen molar-refractivity contribution < 1.29 is 19.4 Å². The van der Waals surface area contributed by atoms with Gasteiger partial charge in [-0.25, -0.2) is 4.79 Å². The lowest BCUT2D eigenvalue weighted by Crippen LogP contribution is -2.55. The number of amides is 1. The fraction of sp³-hybridized carbons (Fsp3) is 0.400. The van der Waals surface area contributed by atoms with Gasteiger partial charge >= 0.3 is 5.97 Å². The van der Waals surface area contributed by atoms with E-state index in [-0.39, 0.29) is 6.61 Å². The fourth-order valence-corrected chi connectivity index (χ4v) is 1.23. The van der Waals surface area contributed by atoms with E-state index in [1.165, 1.54) is 14.0 Å². The summed E-state index contributed by atoms with van der Waals surface area (Å²) in [4.78, 5) is 25.3. The highest BCUT2D eigenvalue weighted by Crippen LogP contribution is 2.06. The topological polar surface area (TPSA) is 91.4 Å². The molecule has 1 rings (SSSR count). The van der Waals surface area contributed by atoms with Gasteiger partial charge in [-0.15, -0.1) is 0 Å². The third kappa shape index (κ3) is 2.60. The molecular formula is C10H14N2O4. The van der Waals surface area contributed by atoms with Gasteiger partial charge in [0.1, 0.15) is 5.69 Å². The Hall–Kier alpha value is -1.82. The second-order valence-corrected chi connectivity index (χ2v) is 3.61. The van der Waals surface area contributed by atoms with Crippen LogP contribution in [0.1, 0.15) is 17.4 Å². The van der Waals surface area contributed by atoms with Gasteiger partial charge in [0.2, 0.25) is 0 Å². The third-order valence-corrected chi connectivity index (χ3v) is 2.14.